The summed E-state index contributed by atoms with van der Waals surface area (Å²) in [5.74, 6) is 1.37. The second-order valence-electron chi connectivity index (χ2n) is 7.69. The third kappa shape index (κ3) is 5.59. The van der Waals surface area contributed by atoms with Gasteiger partial charge in [-0.05, 0) is 37.8 Å². The summed E-state index contributed by atoms with van der Waals surface area (Å²) in [5.41, 5.74) is 0.602. The van der Waals surface area contributed by atoms with Crippen molar-refractivity contribution in [3.63, 3.8) is 0 Å². The first kappa shape index (κ1) is 21.4. The van der Waals surface area contributed by atoms with Crippen LogP contribution in [0.1, 0.15) is 61.8 Å². The molecule has 1 aromatic heterocycles. The molecule has 3 rings (SSSR count). The monoisotopic (exact) mass is 415 g/mol. The molecule has 2 aromatic rings. The normalized spacial score (nSPS) is 20.1. The van der Waals surface area contributed by atoms with Crippen molar-refractivity contribution < 1.29 is 9.59 Å². The number of nitrogens with zero attached hydrogens (tertiary/aromatic N) is 3. The number of carbonyl (C=O) groups excluding carboxylic acids is 2. The third-order valence-corrected chi connectivity index (χ3v) is 6.45. The number of hydrogen-bond donors (Lipinski definition) is 2. The Balaban J connectivity index is 1.53. The van der Waals surface area contributed by atoms with E-state index in [9.17, 15) is 9.59 Å². The van der Waals surface area contributed by atoms with Gasteiger partial charge in [0.2, 0.25) is 5.91 Å². The van der Waals surface area contributed by atoms with E-state index in [1.54, 1.807) is 12.1 Å². The minimum atomic E-state index is -0.300. The lowest BCUT2D eigenvalue weighted by atomic mass is 9.86. The van der Waals surface area contributed by atoms with Crippen molar-refractivity contribution in [3.8, 4) is 0 Å². The minimum absolute atomic E-state index is 0.0312. The van der Waals surface area contributed by atoms with Gasteiger partial charge in [-0.15, -0.1) is 10.2 Å². The lowest BCUT2D eigenvalue weighted by Gasteiger charge is -2.29. The van der Waals surface area contributed by atoms with Gasteiger partial charge in [-0.3, -0.25) is 9.59 Å². The van der Waals surface area contributed by atoms with E-state index >= 15 is 0 Å². The van der Waals surface area contributed by atoms with Crippen molar-refractivity contribution in [2.75, 3.05) is 5.75 Å². The summed E-state index contributed by atoms with van der Waals surface area (Å²) in [7, 11) is 1.85. The topological polar surface area (TPSA) is 88.9 Å². The zero-order valence-corrected chi connectivity index (χ0v) is 18.0. The maximum absolute atomic E-state index is 12.4. The maximum atomic E-state index is 12.4. The Hall–Kier alpha value is -2.35. The van der Waals surface area contributed by atoms with Gasteiger partial charge in [-0.25, -0.2) is 0 Å². The zero-order chi connectivity index (χ0) is 20.8. The van der Waals surface area contributed by atoms with Gasteiger partial charge in [0.05, 0.1) is 11.8 Å². The molecule has 1 fully saturated rings. The Morgan fingerprint density at radius 3 is 2.66 bits per heavy atom. The van der Waals surface area contributed by atoms with Gasteiger partial charge in [0.15, 0.2) is 11.0 Å². The zero-order valence-electron chi connectivity index (χ0n) is 17.2. The fourth-order valence-corrected chi connectivity index (χ4v) is 4.40. The predicted octanol–water partition coefficient (Wildman–Crippen LogP) is 3.09. The molecule has 0 unspecified atom stereocenters. The van der Waals surface area contributed by atoms with Crippen LogP contribution in [0.4, 0.5) is 0 Å². The lowest BCUT2D eigenvalue weighted by molar-refractivity contribution is -0.119. The molecule has 8 heteroatoms. The summed E-state index contributed by atoms with van der Waals surface area (Å²) in [6.07, 6.45) is 4.67. The highest BCUT2D eigenvalue weighted by Crippen LogP contribution is 2.24. The summed E-state index contributed by atoms with van der Waals surface area (Å²) in [6.45, 7) is 4.08. The smallest absolute Gasteiger partial charge is 0.251 e. The molecule has 0 spiro atoms. The van der Waals surface area contributed by atoms with Gasteiger partial charge in [0.1, 0.15) is 0 Å². The van der Waals surface area contributed by atoms with Gasteiger partial charge >= 0.3 is 0 Å². The Kier molecular flexibility index (Phi) is 7.30. The molecular formula is C21H29N5O2S. The third-order valence-electron chi connectivity index (χ3n) is 5.43. The summed E-state index contributed by atoms with van der Waals surface area (Å²) < 4.78 is 1.83. The van der Waals surface area contributed by atoms with E-state index in [-0.39, 0.29) is 23.9 Å². The fraction of sp³-hybridized carbons (Fsp3) is 0.524. The molecule has 29 heavy (non-hydrogen) atoms. The maximum Gasteiger partial charge on any atom is 0.251 e. The van der Waals surface area contributed by atoms with E-state index in [0.717, 1.165) is 6.42 Å². The molecule has 1 saturated carbocycles. The first-order valence-electron chi connectivity index (χ1n) is 10.1. The summed E-state index contributed by atoms with van der Waals surface area (Å²) in [6, 6.07) is 9.05. The number of thioether (sulfide) groups is 1. The van der Waals surface area contributed by atoms with E-state index < -0.39 is 0 Å². The summed E-state index contributed by atoms with van der Waals surface area (Å²) in [5, 5.41) is 15.2. The molecule has 1 aliphatic carbocycles. The van der Waals surface area contributed by atoms with Crippen LogP contribution in [0.15, 0.2) is 35.5 Å². The van der Waals surface area contributed by atoms with Crippen molar-refractivity contribution in [2.45, 2.75) is 56.8 Å². The number of hydrogen-bond acceptors (Lipinski definition) is 5. The number of aromatic nitrogens is 3. The van der Waals surface area contributed by atoms with Crippen LogP contribution >= 0.6 is 11.8 Å². The van der Waals surface area contributed by atoms with Crippen molar-refractivity contribution >= 4 is 23.6 Å². The van der Waals surface area contributed by atoms with Crippen molar-refractivity contribution in [1.82, 2.24) is 25.4 Å². The fourth-order valence-electron chi connectivity index (χ4n) is 3.67. The molecule has 0 bridgehead atoms. The highest BCUT2D eigenvalue weighted by molar-refractivity contribution is 7.99. The molecule has 0 radical (unpaired) electrons. The number of benzene rings is 1. The largest absolute Gasteiger partial charge is 0.352 e. The number of nitrogens with one attached hydrogen (secondary N) is 2. The van der Waals surface area contributed by atoms with Gasteiger partial charge in [0, 0.05) is 18.7 Å². The molecule has 156 valence electrons. The lowest BCUT2D eigenvalue weighted by Crippen LogP contribution is -2.41. The molecular weight excluding hydrogens is 386 g/mol. The molecule has 2 amide bonds. The van der Waals surface area contributed by atoms with E-state index in [1.807, 2.05) is 36.7 Å². The van der Waals surface area contributed by atoms with E-state index in [2.05, 4.69) is 27.8 Å². The molecule has 3 atom stereocenters. The molecule has 0 aliphatic heterocycles. The van der Waals surface area contributed by atoms with Gasteiger partial charge in [-0.2, -0.15) is 0 Å². The Morgan fingerprint density at radius 2 is 1.93 bits per heavy atom. The minimum Gasteiger partial charge on any atom is -0.352 e. The number of carbonyl (C=O) groups is 2. The van der Waals surface area contributed by atoms with Gasteiger partial charge < -0.3 is 15.2 Å². The second-order valence-corrected chi connectivity index (χ2v) is 8.63. The van der Waals surface area contributed by atoms with Crippen LogP contribution < -0.4 is 10.6 Å². The van der Waals surface area contributed by atoms with Crippen LogP contribution in [0.25, 0.3) is 0 Å². The Morgan fingerprint density at radius 1 is 1.21 bits per heavy atom. The van der Waals surface area contributed by atoms with Crippen LogP contribution in [0.5, 0.6) is 0 Å². The highest BCUT2D eigenvalue weighted by Gasteiger charge is 2.23. The SMILES string of the molecule is C[C@@H](NC(=O)c1ccccc1)c1nnc(SCC(=O)N[C@@H]2CCCC[C@@H]2C)n1C. The molecule has 1 aliphatic rings. The molecule has 0 saturated heterocycles. The standard InChI is InChI=1S/C21H29N5O2S/c1-14-9-7-8-12-17(14)23-18(27)13-29-21-25-24-19(26(21)3)15(2)22-20(28)16-10-5-4-6-11-16/h4-6,10-11,14-15,17H,7-9,12-13H2,1-3H3,(H,22,28)(H,23,27)/t14-,15+,17+/m0/s1. The first-order valence-corrected chi connectivity index (χ1v) is 11.1. The van der Waals surface area contributed by atoms with Crippen molar-refractivity contribution in [2.24, 2.45) is 13.0 Å². The quantitative estimate of drug-likeness (QED) is 0.679. The van der Waals surface area contributed by atoms with Crippen LogP contribution in [-0.2, 0) is 11.8 Å². The molecule has 7 nitrogen and oxygen atoms in total. The molecule has 1 aromatic carbocycles. The second kappa shape index (κ2) is 9.91. The van der Waals surface area contributed by atoms with Crippen LogP contribution in [0, 0.1) is 5.92 Å². The molecule has 1 heterocycles. The van der Waals surface area contributed by atoms with E-state index in [1.165, 1.54) is 31.0 Å². The summed E-state index contributed by atoms with van der Waals surface area (Å²) in [4.78, 5) is 24.7. The molecule has 2 N–H and O–H groups in total. The average Bonchev–Trinajstić information content (AvgIpc) is 3.09. The van der Waals surface area contributed by atoms with Crippen LogP contribution in [0.3, 0.4) is 0 Å². The number of amides is 2. The average molecular weight is 416 g/mol. The van der Waals surface area contributed by atoms with Crippen molar-refractivity contribution in [3.05, 3.63) is 41.7 Å². The van der Waals surface area contributed by atoms with E-state index in [4.69, 9.17) is 0 Å². The van der Waals surface area contributed by atoms with Gasteiger partial charge in [-0.1, -0.05) is 49.7 Å². The first-order chi connectivity index (χ1) is 14.0. The summed E-state index contributed by atoms with van der Waals surface area (Å²) >= 11 is 1.36. The van der Waals surface area contributed by atoms with E-state index in [0.29, 0.717) is 28.2 Å². The number of rotatable bonds is 7. The highest BCUT2D eigenvalue weighted by atomic mass is 32.2. The Bertz CT molecular complexity index is 839. The van der Waals surface area contributed by atoms with Crippen LogP contribution in [0.2, 0.25) is 0 Å². The van der Waals surface area contributed by atoms with Gasteiger partial charge in [0.25, 0.3) is 5.91 Å². The van der Waals surface area contributed by atoms with Crippen molar-refractivity contribution in [1.29, 1.82) is 0 Å². The predicted molar refractivity (Wildman–Crippen MR) is 114 cm³/mol. The Labute approximate surface area is 176 Å². The van der Waals surface area contributed by atoms with Crippen LogP contribution in [-0.4, -0.2) is 38.4 Å².